The summed E-state index contributed by atoms with van der Waals surface area (Å²) >= 11 is 0. The molecule has 0 aromatic rings. The molecule has 1 saturated carbocycles. The highest BCUT2D eigenvalue weighted by molar-refractivity contribution is 5.72. The van der Waals surface area contributed by atoms with E-state index in [9.17, 15) is 4.79 Å². The van der Waals surface area contributed by atoms with Gasteiger partial charge in [0.05, 0.1) is 12.5 Å². The first-order chi connectivity index (χ1) is 9.26. The van der Waals surface area contributed by atoms with Gasteiger partial charge < -0.3 is 15.4 Å². The lowest BCUT2D eigenvalue weighted by Crippen LogP contribution is -2.49. The summed E-state index contributed by atoms with van der Waals surface area (Å²) in [6.45, 7) is 5.25. The fourth-order valence-electron chi connectivity index (χ4n) is 3.67. The fourth-order valence-corrected chi connectivity index (χ4v) is 3.67. The van der Waals surface area contributed by atoms with Crippen LogP contribution in [0.1, 0.15) is 45.4 Å². The van der Waals surface area contributed by atoms with Crippen molar-refractivity contribution < 1.29 is 9.53 Å². The average Bonchev–Trinajstić information content (AvgIpc) is 2.47. The summed E-state index contributed by atoms with van der Waals surface area (Å²) in [5.41, 5.74) is 5.91. The van der Waals surface area contributed by atoms with Crippen molar-refractivity contribution in [3.05, 3.63) is 0 Å². The largest absolute Gasteiger partial charge is 0.466 e. The number of likely N-dealkylation sites (tertiary alicyclic amines) is 1. The smallest absolute Gasteiger partial charge is 0.309 e. The van der Waals surface area contributed by atoms with Gasteiger partial charge in [-0.15, -0.1) is 0 Å². The van der Waals surface area contributed by atoms with Crippen LogP contribution in [0, 0.1) is 11.8 Å². The zero-order valence-corrected chi connectivity index (χ0v) is 12.1. The molecule has 0 bridgehead atoms. The molecule has 0 aromatic carbocycles. The molecule has 4 heteroatoms. The van der Waals surface area contributed by atoms with Crippen LogP contribution in [0.4, 0.5) is 0 Å². The summed E-state index contributed by atoms with van der Waals surface area (Å²) in [6.07, 6.45) is 7.13. The van der Waals surface area contributed by atoms with E-state index in [1.807, 2.05) is 6.92 Å². The molecule has 1 aliphatic carbocycles. The monoisotopic (exact) mass is 268 g/mol. The Morgan fingerprint density at radius 1 is 1.21 bits per heavy atom. The maximum absolute atomic E-state index is 11.7. The molecule has 4 nitrogen and oxygen atoms in total. The van der Waals surface area contributed by atoms with Crippen molar-refractivity contribution in [2.24, 2.45) is 17.6 Å². The molecule has 0 aromatic heterocycles. The minimum Gasteiger partial charge on any atom is -0.466 e. The normalized spacial score (nSPS) is 30.2. The first-order valence-corrected chi connectivity index (χ1v) is 7.87. The van der Waals surface area contributed by atoms with Crippen molar-refractivity contribution in [3.63, 3.8) is 0 Å². The van der Waals surface area contributed by atoms with Gasteiger partial charge in [-0.2, -0.15) is 0 Å². The van der Waals surface area contributed by atoms with Gasteiger partial charge in [-0.25, -0.2) is 0 Å². The van der Waals surface area contributed by atoms with Gasteiger partial charge >= 0.3 is 5.97 Å². The third-order valence-electron chi connectivity index (χ3n) is 4.79. The van der Waals surface area contributed by atoms with E-state index in [2.05, 4.69) is 4.90 Å². The van der Waals surface area contributed by atoms with Gasteiger partial charge in [-0.3, -0.25) is 4.79 Å². The molecule has 1 saturated heterocycles. The third kappa shape index (κ3) is 3.69. The predicted octanol–water partition coefficient (Wildman–Crippen LogP) is 1.78. The van der Waals surface area contributed by atoms with Crippen molar-refractivity contribution in [3.8, 4) is 0 Å². The molecular formula is C15H28N2O2. The van der Waals surface area contributed by atoms with E-state index in [0.29, 0.717) is 18.6 Å². The van der Waals surface area contributed by atoms with Gasteiger partial charge in [0.15, 0.2) is 0 Å². The number of hydrogen-bond acceptors (Lipinski definition) is 4. The number of piperidine rings is 1. The molecule has 0 radical (unpaired) electrons. The fraction of sp³-hybridized carbons (Fsp3) is 0.933. The zero-order valence-electron chi connectivity index (χ0n) is 12.1. The summed E-state index contributed by atoms with van der Waals surface area (Å²) in [6, 6.07) is 0.655. The summed E-state index contributed by atoms with van der Waals surface area (Å²) < 4.78 is 5.13. The van der Waals surface area contributed by atoms with Gasteiger partial charge in [0.1, 0.15) is 0 Å². The van der Waals surface area contributed by atoms with Crippen LogP contribution in [0.25, 0.3) is 0 Å². The van der Waals surface area contributed by atoms with Crippen LogP contribution in [0.5, 0.6) is 0 Å². The highest BCUT2D eigenvalue weighted by Gasteiger charge is 2.33. The Bertz CT molecular complexity index is 288. The van der Waals surface area contributed by atoms with Crippen molar-refractivity contribution >= 4 is 5.97 Å². The average molecular weight is 268 g/mol. The summed E-state index contributed by atoms with van der Waals surface area (Å²) in [5.74, 6) is 0.783. The van der Waals surface area contributed by atoms with E-state index in [1.54, 1.807) is 0 Å². The van der Waals surface area contributed by atoms with Crippen LogP contribution in [-0.4, -0.2) is 43.2 Å². The number of nitrogens with zero attached hydrogens (tertiary/aromatic N) is 1. The summed E-state index contributed by atoms with van der Waals surface area (Å²) in [5, 5.41) is 0. The molecule has 19 heavy (non-hydrogen) atoms. The van der Waals surface area contributed by atoms with Gasteiger partial charge in [0, 0.05) is 6.04 Å². The first-order valence-electron chi connectivity index (χ1n) is 7.87. The second-order valence-electron chi connectivity index (χ2n) is 5.91. The van der Waals surface area contributed by atoms with Crippen LogP contribution in [0.2, 0.25) is 0 Å². The van der Waals surface area contributed by atoms with E-state index in [4.69, 9.17) is 10.5 Å². The predicted molar refractivity (Wildman–Crippen MR) is 75.7 cm³/mol. The van der Waals surface area contributed by atoms with Crippen LogP contribution in [0.3, 0.4) is 0 Å². The number of ether oxygens (including phenoxy) is 1. The molecular weight excluding hydrogens is 240 g/mol. The molecule has 2 unspecified atom stereocenters. The van der Waals surface area contributed by atoms with Crippen LogP contribution in [0.15, 0.2) is 0 Å². The lowest BCUT2D eigenvalue weighted by atomic mass is 9.82. The summed E-state index contributed by atoms with van der Waals surface area (Å²) in [7, 11) is 0. The van der Waals surface area contributed by atoms with Gasteiger partial charge in [-0.1, -0.05) is 12.8 Å². The van der Waals surface area contributed by atoms with Crippen LogP contribution in [-0.2, 0) is 9.53 Å². The Morgan fingerprint density at radius 2 is 1.89 bits per heavy atom. The highest BCUT2D eigenvalue weighted by Crippen LogP contribution is 2.31. The van der Waals surface area contributed by atoms with Crippen LogP contribution >= 0.6 is 0 Å². The van der Waals surface area contributed by atoms with E-state index in [-0.39, 0.29) is 11.9 Å². The number of carbonyl (C=O) groups is 1. The van der Waals surface area contributed by atoms with E-state index in [1.165, 1.54) is 25.7 Å². The van der Waals surface area contributed by atoms with Gasteiger partial charge in [0.25, 0.3) is 0 Å². The molecule has 1 heterocycles. The molecule has 2 aliphatic rings. The second-order valence-corrected chi connectivity index (χ2v) is 5.91. The topological polar surface area (TPSA) is 55.6 Å². The van der Waals surface area contributed by atoms with Gasteiger partial charge in [-0.05, 0) is 58.2 Å². The molecule has 2 fully saturated rings. The molecule has 0 spiro atoms. The minimum atomic E-state index is 0.00108. The third-order valence-corrected chi connectivity index (χ3v) is 4.79. The minimum absolute atomic E-state index is 0.00108. The van der Waals surface area contributed by atoms with Crippen LogP contribution < -0.4 is 5.73 Å². The molecule has 0 amide bonds. The Hall–Kier alpha value is -0.610. The maximum atomic E-state index is 11.7. The summed E-state index contributed by atoms with van der Waals surface area (Å²) in [4.78, 5) is 14.3. The van der Waals surface area contributed by atoms with Crippen molar-refractivity contribution in [1.82, 2.24) is 4.90 Å². The van der Waals surface area contributed by atoms with E-state index in [0.717, 1.165) is 32.5 Å². The van der Waals surface area contributed by atoms with E-state index < -0.39 is 0 Å². The molecule has 2 rings (SSSR count). The van der Waals surface area contributed by atoms with Crippen molar-refractivity contribution in [1.29, 1.82) is 0 Å². The van der Waals surface area contributed by atoms with Crippen molar-refractivity contribution in [2.75, 3.05) is 26.2 Å². The van der Waals surface area contributed by atoms with E-state index >= 15 is 0 Å². The maximum Gasteiger partial charge on any atom is 0.309 e. The standard InChI is InChI=1S/C15H28N2O2/c1-2-19-15(18)12-7-9-17(10-8-12)14-6-4-3-5-13(14)11-16/h12-14H,2-11,16H2,1H3. The quantitative estimate of drug-likeness (QED) is 0.790. The second kappa shape index (κ2) is 7.25. The number of carbonyl (C=O) groups excluding carboxylic acids is 1. The zero-order chi connectivity index (χ0) is 13.7. The van der Waals surface area contributed by atoms with Crippen molar-refractivity contribution in [2.45, 2.75) is 51.5 Å². The Morgan fingerprint density at radius 3 is 2.53 bits per heavy atom. The SMILES string of the molecule is CCOC(=O)C1CCN(C2CCCCC2CN)CC1. The Labute approximate surface area is 116 Å². The Balaban J connectivity index is 1.83. The number of rotatable bonds is 4. The first kappa shape index (κ1) is 14.8. The number of nitrogens with two attached hydrogens (primary N) is 1. The number of hydrogen-bond donors (Lipinski definition) is 1. The molecule has 110 valence electrons. The lowest BCUT2D eigenvalue weighted by Gasteiger charge is -2.42. The molecule has 1 aliphatic heterocycles. The molecule has 2 N–H and O–H groups in total. The Kier molecular flexibility index (Phi) is 5.64. The highest BCUT2D eigenvalue weighted by atomic mass is 16.5. The van der Waals surface area contributed by atoms with Gasteiger partial charge in [0.2, 0.25) is 0 Å². The lowest BCUT2D eigenvalue weighted by molar-refractivity contribution is -0.150. The molecule has 2 atom stereocenters. The number of esters is 1.